The molecule has 2 nitrogen and oxygen atoms in total. The van der Waals surface area contributed by atoms with Gasteiger partial charge in [-0.3, -0.25) is 9.71 Å². The summed E-state index contributed by atoms with van der Waals surface area (Å²) in [7, 11) is 0. The van der Waals surface area contributed by atoms with Crippen molar-refractivity contribution in [2.24, 2.45) is 5.92 Å². The van der Waals surface area contributed by atoms with E-state index in [2.05, 4.69) is 42.6 Å². The molecule has 1 saturated carbocycles. The third-order valence-electron chi connectivity index (χ3n) is 3.37. The fourth-order valence-corrected chi connectivity index (χ4v) is 3.28. The van der Waals surface area contributed by atoms with Gasteiger partial charge in [-0.2, -0.15) is 0 Å². The topological polar surface area (TPSA) is 24.9 Å². The molecule has 0 aromatic carbocycles. The molecule has 0 bridgehead atoms. The van der Waals surface area contributed by atoms with Crippen molar-refractivity contribution < 1.29 is 0 Å². The molecule has 0 aliphatic heterocycles. The van der Waals surface area contributed by atoms with Crippen molar-refractivity contribution in [1.29, 1.82) is 0 Å². The lowest BCUT2D eigenvalue weighted by atomic mass is 9.96. The summed E-state index contributed by atoms with van der Waals surface area (Å²) in [4.78, 5) is 4.55. The Kier molecular flexibility index (Phi) is 4.68. The average Bonchev–Trinajstić information content (AvgIpc) is 2.83. The highest BCUT2D eigenvalue weighted by Gasteiger charge is 2.28. The molecule has 0 saturated heterocycles. The first-order chi connectivity index (χ1) is 8.56. The zero-order chi connectivity index (χ0) is 13.0. The van der Waals surface area contributed by atoms with Crippen LogP contribution >= 0.6 is 11.9 Å². The molecule has 3 heteroatoms. The summed E-state index contributed by atoms with van der Waals surface area (Å²) in [5, 5.41) is 0. The van der Waals surface area contributed by atoms with Gasteiger partial charge in [-0.25, -0.2) is 0 Å². The minimum absolute atomic E-state index is 0.242. The first kappa shape index (κ1) is 13.9. The van der Waals surface area contributed by atoms with Crippen molar-refractivity contribution in [1.82, 2.24) is 9.71 Å². The number of nitrogens with one attached hydrogen (secondary N) is 1. The molecule has 100 valence electrons. The van der Waals surface area contributed by atoms with Gasteiger partial charge in [-0.15, -0.1) is 0 Å². The van der Waals surface area contributed by atoms with Gasteiger partial charge in [0, 0.05) is 10.9 Å². The highest BCUT2D eigenvalue weighted by atomic mass is 32.2. The first-order valence-electron chi connectivity index (χ1n) is 6.91. The molecule has 1 atom stereocenters. The van der Waals surface area contributed by atoms with Crippen LogP contribution < -0.4 is 4.72 Å². The van der Waals surface area contributed by atoms with E-state index < -0.39 is 0 Å². The summed E-state index contributed by atoms with van der Waals surface area (Å²) < 4.78 is 3.91. The predicted molar refractivity (Wildman–Crippen MR) is 79.4 cm³/mol. The van der Waals surface area contributed by atoms with Crippen LogP contribution in [-0.4, -0.2) is 9.73 Å². The molecule has 1 heterocycles. The second-order valence-corrected chi connectivity index (χ2v) is 7.77. The zero-order valence-electron chi connectivity index (χ0n) is 11.6. The van der Waals surface area contributed by atoms with E-state index in [1.54, 1.807) is 0 Å². The Labute approximate surface area is 115 Å². The van der Waals surface area contributed by atoms with Crippen LogP contribution in [0.2, 0.25) is 0 Å². The number of pyridine rings is 1. The van der Waals surface area contributed by atoms with E-state index in [-0.39, 0.29) is 4.75 Å². The van der Waals surface area contributed by atoms with Crippen molar-refractivity contribution in [3.05, 3.63) is 30.1 Å². The maximum Gasteiger partial charge on any atom is 0.0622 e. The second-order valence-electron chi connectivity index (χ2n) is 6.11. The van der Waals surface area contributed by atoms with Gasteiger partial charge >= 0.3 is 0 Å². The third kappa shape index (κ3) is 3.99. The quantitative estimate of drug-likeness (QED) is 0.818. The largest absolute Gasteiger partial charge is 0.260 e. The van der Waals surface area contributed by atoms with Crippen molar-refractivity contribution in [3.8, 4) is 0 Å². The standard InChI is InChI=1S/C15H24N2S/c1-15(2,3)18-17-14(12-8-4-5-9-12)13-10-6-7-11-16-13/h6-7,10-12,14,17H,4-5,8-9H2,1-3H3. The third-order valence-corrected chi connectivity index (χ3v) is 4.35. The molecule has 1 aromatic rings. The predicted octanol–water partition coefficient (Wildman–Crippen LogP) is 4.35. The molecule has 1 aliphatic carbocycles. The van der Waals surface area contributed by atoms with Gasteiger partial charge in [0.2, 0.25) is 0 Å². The van der Waals surface area contributed by atoms with E-state index in [1.165, 1.54) is 31.4 Å². The SMILES string of the molecule is CC(C)(C)SNC(c1ccccn1)C1CCCC1. The number of rotatable bonds is 4. The maximum absolute atomic E-state index is 4.55. The number of aromatic nitrogens is 1. The molecular formula is C15H24N2S. The van der Waals surface area contributed by atoms with Crippen LogP contribution in [0.5, 0.6) is 0 Å². The lowest BCUT2D eigenvalue weighted by molar-refractivity contribution is 0.414. The van der Waals surface area contributed by atoms with E-state index in [0.717, 1.165) is 5.92 Å². The minimum atomic E-state index is 0.242. The van der Waals surface area contributed by atoms with E-state index >= 15 is 0 Å². The second kappa shape index (κ2) is 6.07. The number of nitrogens with zero attached hydrogens (tertiary/aromatic N) is 1. The molecule has 0 spiro atoms. The van der Waals surface area contributed by atoms with Crippen LogP contribution in [-0.2, 0) is 0 Å². The Morgan fingerprint density at radius 3 is 2.56 bits per heavy atom. The molecule has 1 aliphatic rings. The number of hydrogen-bond donors (Lipinski definition) is 1. The Balaban J connectivity index is 2.08. The first-order valence-corrected chi connectivity index (χ1v) is 7.72. The summed E-state index contributed by atoms with van der Waals surface area (Å²) in [6.45, 7) is 6.73. The lowest BCUT2D eigenvalue weighted by Gasteiger charge is -2.27. The van der Waals surface area contributed by atoms with E-state index in [1.807, 2.05) is 24.2 Å². The van der Waals surface area contributed by atoms with Crippen LogP contribution in [0, 0.1) is 5.92 Å². The highest BCUT2D eigenvalue weighted by molar-refractivity contribution is 7.98. The van der Waals surface area contributed by atoms with Crippen molar-refractivity contribution in [3.63, 3.8) is 0 Å². The zero-order valence-corrected chi connectivity index (χ0v) is 12.5. The van der Waals surface area contributed by atoms with E-state index in [4.69, 9.17) is 0 Å². The molecule has 0 amide bonds. The summed E-state index contributed by atoms with van der Waals surface area (Å²) in [6.07, 6.45) is 7.31. The van der Waals surface area contributed by atoms with Gasteiger partial charge in [-0.1, -0.05) is 30.9 Å². The van der Waals surface area contributed by atoms with Gasteiger partial charge in [0.25, 0.3) is 0 Å². The smallest absolute Gasteiger partial charge is 0.0622 e. The van der Waals surface area contributed by atoms with Crippen molar-refractivity contribution in [2.75, 3.05) is 0 Å². The maximum atomic E-state index is 4.55. The Bertz CT molecular complexity index is 353. The molecule has 2 rings (SSSR count). The fourth-order valence-electron chi connectivity index (χ4n) is 2.49. The highest BCUT2D eigenvalue weighted by Crippen LogP contribution is 2.37. The van der Waals surface area contributed by atoms with Gasteiger partial charge in [-0.05, 0) is 51.7 Å². The Morgan fingerprint density at radius 2 is 2.00 bits per heavy atom. The summed E-state index contributed by atoms with van der Waals surface area (Å²) in [6, 6.07) is 6.64. The molecule has 1 N–H and O–H groups in total. The van der Waals surface area contributed by atoms with Gasteiger partial charge in [0.1, 0.15) is 0 Å². The lowest BCUT2D eigenvalue weighted by Crippen LogP contribution is -2.27. The number of hydrogen-bond acceptors (Lipinski definition) is 3. The van der Waals surface area contributed by atoms with Gasteiger partial charge in [0.05, 0.1) is 11.7 Å². The summed E-state index contributed by atoms with van der Waals surface area (Å²) in [5.74, 6) is 0.745. The van der Waals surface area contributed by atoms with Crippen LogP contribution in [0.25, 0.3) is 0 Å². The fraction of sp³-hybridized carbons (Fsp3) is 0.667. The Hall–Kier alpha value is -0.540. The summed E-state index contributed by atoms with van der Waals surface area (Å²) in [5.41, 5.74) is 1.20. The molecule has 1 fully saturated rings. The molecule has 0 radical (unpaired) electrons. The molecule has 1 unspecified atom stereocenters. The summed E-state index contributed by atoms with van der Waals surface area (Å²) >= 11 is 1.83. The van der Waals surface area contributed by atoms with Gasteiger partial charge in [0.15, 0.2) is 0 Å². The molecule has 18 heavy (non-hydrogen) atoms. The van der Waals surface area contributed by atoms with E-state index in [9.17, 15) is 0 Å². The minimum Gasteiger partial charge on any atom is -0.260 e. The van der Waals surface area contributed by atoms with Crippen molar-refractivity contribution >= 4 is 11.9 Å². The van der Waals surface area contributed by atoms with Crippen LogP contribution in [0.15, 0.2) is 24.4 Å². The normalized spacial score (nSPS) is 19.1. The molecule has 1 aromatic heterocycles. The molecular weight excluding hydrogens is 240 g/mol. The Morgan fingerprint density at radius 1 is 1.28 bits per heavy atom. The monoisotopic (exact) mass is 264 g/mol. The average molecular weight is 264 g/mol. The van der Waals surface area contributed by atoms with Crippen LogP contribution in [0.4, 0.5) is 0 Å². The van der Waals surface area contributed by atoms with Gasteiger partial charge < -0.3 is 0 Å². The van der Waals surface area contributed by atoms with Crippen LogP contribution in [0.1, 0.15) is 58.2 Å². The van der Waals surface area contributed by atoms with E-state index in [0.29, 0.717) is 6.04 Å². The van der Waals surface area contributed by atoms with Crippen molar-refractivity contribution in [2.45, 2.75) is 57.2 Å². The van der Waals surface area contributed by atoms with Crippen LogP contribution in [0.3, 0.4) is 0 Å².